The molecule has 1 amide bonds. The van der Waals surface area contributed by atoms with Crippen LogP contribution in [0.2, 0.25) is 0 Å². The summed E-state index contributed by atoms with van der Waals surface area (Å²) in [6.45, 7) is 6.47. The van der Waals surface area contributed by atoms with Crippen molar-refractivity contribution in [3.05, 3.63) is 59.9 Å². The molecule has 0 unspecified atom stereocenters. The van der Waals surface area contributed by atoms with Gasteiger partial charge in [0.15, 0.2) is 5.76 Å². The molecule has 3 aromatic rings. The molecule has 3 rings (SSSR count). The third-order valence-electron chi connectivity index (χ3n) is 3.96. The van der Waals surface area contributed by atoms with Crippen molar-refractivity contribution in [2.45, 2.75) is 26.2 Å². The highest BCUT2D eigenvalue weighted by Crippen LogP contribution is 2.26. The lowest BCUT2D eigenvalue weighted by atomic mass is 9.87. The van der Waals surface area contributed by atoms with Crippen molar-refractivity contribution < 1.29 is 13.9 Å². The molecule has 0 fully saturated rings. The third kappa shape index (κ3) is 3.27. The number of ether oxygens (including phenoxy) is 1. The van der Waals surface area contributed by atoms with Crippen molar-refractivity contribution in [1.29, 1.82) is 0 Å². The molecule has 0 atom stereocenters. The molecule has 0 spiro atoms. The lowest BCUT2D eigenvalue weighted by Gasteiger charge is -2.19. The largest absolute Gasteiger partial charge is 0.497 e. The Bertz CT molecular complexity index is 870. The average Bonchev–Trinajstić information content (AvgIpc) is 2.97. The Morgan fingerprint density at radius 3 is 2.38 bits per heavy atom. The van der Waals surface area contributed by atoms with Gasteiger partial charge in [-0.25, -0.2) is 0 Å². The molecule has 1 aromatic heterocycles. The standard InChI is InChI=1S/C20H21NO3/c1-20(2,3)14-5-7-15(8-6-14)21-19(22)18-12-13-11-16(23-4)9-10-17(13)24-18/h5-12H,1-4H3,(H,21,22). The molecular weight excluding hydrogens is 302 g/mol. The van der Waals surface area contributed by atoms with Gasteiger partial charge in [-0.3, -0.25) is 4.79 Å². The molecule has 4 heteroatoms. The average molecular weight is 323 g/mol. The first kappa shape index (κ1) is 16.1. The summed E-state index contributed by atoms with van der Waals surface area (Å²) in [5.41, 5.74) is 2.70. The van der Waals surface area contributed by atoms with Gasteiger partial charge in [-0.1, -0.05) is 32.9 Å². The highest BCUT2D eigenvalue weighted by molar-refractivity contribution is 6.04. The summed E-state index contributed by atoms with van der Waals surface area (Å²) in [5, 5.41) is 3.70. The number of carbonyl (C=O) groups excluding carboxylic acids is 1. The molecule has 0 aliphatic heterocycles. The minimum atomic E-state index is -0.270. The first-order valence-corrected chi connectivity index (χ1v) is 7.86. The molecule has 1 N–H and O–H groups in total. The van der Waals surface area contributed by atoms with Crippen molar-refractivity contribution in [2.24, 2.45) is 0 Å². The zero-order valence-corrected chi connectivity index (χ0v) is 14.3. The second-order valence-electron chi connectivity index (χ2n) is 6.80. The zero-order valence-electron chi connectivity index (χ0n) is 14.3. The Kier molecular flexibility index (Phi) is 4.06. The van der Waals surface area contributed by atoms with Gasteiger partial charge < -0.3 is 14.5 Å². The molecule has 0 aliphatic rings. The number of nitrogens with one attached hydrogen (secondary N) is 1. The van der Waals surface area contributed by atoms with E-state index in [-0.39, 0.29) is 17.1 Å². The number of benzene rings is 2. The van der Waals surface area contributed by atoms with E-state index in [1.807, 2.05) is 30.3 Å². The van der Waals surface area contributed by atoms with Crippen molar-refractivity contribution >= 4 is 22.6 Å². The minimum Gasteiger partial charge on any atom is -0.497 e. The topological polar surface area (TPSA) is 51.5 Å². The van der Waals surface area contributed by atoms with Crippen LogP contribution in [0.15, 0.2) is 52.9 Å². The van der Waals surface area contributed by atoms with Gasteiger partial charge in [0.05, 0.1) is 7.11 Å². The number of carbonyl (C=O) groups is 1. The number of furan rings is 1. The fourth-order valence-corrected chi connectivity index (χ4v) is 2.51. The summed E-state index contributed by atoms with van der Waals surface area (Å²) in [7, 11) is 1.61. The molecule has 1 heterocycles. The van der Waals surface area contributed by atoms with E-state index in [0.29, 0.717) is 5.58 Å². The van der Waals surface area contributed by atoms with Gasteiger partial charge >= 0.3 is 0 Å². The van der Waals surface area contributed by atoms with Crippen LogP contribution in [0.1, 0.15) is 36.9 Å². The van der Waals surface area contributed by atoms with Crippen LogP contribution in [0.25, 0.3) is 11.0 Å². The number of rotatable bonds is 3. The molecular formula is C20H21NO3. The van der Waals surface area contributed by atoms with Crippen LogP contribution in [0.3, 0.4) is 0 Å². The number of anilines is 1. The molecule has 0 radical (unpaired) electrons. The van der Waals surface area contributed by atoms with Crippen LogP contribution in [-0.2, 0) is 5.41 Å². The summed E-state index contributed by atoms with van der Waals surface area (Å²) in [4.78, 5) is 12.4. The number of amides is 1. The SMILES string of the molecule is COc1ccc2oc(C(=O)Nc3ccc(C(C)(C)C)cc3)cc2c1. The van der Waals surface area contributed by atoms with Gasteiger partial charge in [0.25, 0.3) is 5.91 Å². The van der Waals surface area contributed by atoms with Gasteiger partial charge in [0.1, 0.15) is 11.3 Å². The van der Waals surface area contributed by atoms with Crippen LogP contribution < -0.4 is 10.1 Å². The molecule has 0 aliphatic carbocycles. The third-order valence-corrected chi connectivity index (χ3v) is 3.96. The van der Waals surface area contributed by atoms with Crippen LogP contribution >= 0.6 is 0 Å². The minimum absolute atomic E-state index is 0.0837. The Hall–Kier alpha value is -2.75. The predicted molar refractivity (Wildman–Crippen MR) is 95.9 cm³/mol. The number of hydrogen-bond donors (Lipinski definition) is 1. The van der Waals surface area contributed by atoms with E-state index in [1.54, 1.807) is 25.3 Å². The normalized spacial score (nSPS) is 11.5. The summed E-state index contributed by atoms with van der Waals surface area (Å²) < 4.78 is 10.8. The quantitative estimate of drug-likeness (QED) is 0.738. The van der Waals surface area contributed by atoms with Gasteiger partial charge in [0.2, 0.25) is 0 Å². The molecule has 24 heavy (non-hydrogen) atoms. The van der Waals surface area contributed by atoms with Gasteiger partial charge in [-0.05, 0) is 47.4 Å². The van der Waals surface area contributed by atoms with Gasteiger partial charge in [-0.2, -0.15) is 0 Å². The van der Waals surface area contributed by atoms with Crippen LogP contribution in [0, 0.1) is 0 Å². The summed E-state index contributed by atoms with van der Waals surface area (Å²) in [6.07, 6.45) is 0. The first-order valence-electron chi connectivity index (χ1n) is 7.86. The Labute approximate surface area is 141 Å². The Balaban J connectivity index is 1.79. The van der Waals surface area contributed by atoms with E-state index in [1.165, 1.54) is 5.56 Å². The second kappa shape index (κ2) is 6.04. The summed E-state index contributed by atoms with van der Waals surface area (Å²) in [6, 6.07) is 15.0. The maximum atomic E-state index is 12.4. The predicted octanol–water partition coefficient (Wildman–Crippen LogP) is 4.99. The van der Waals surface area contributed by atoms with E-state index in [4.69, 9.17) is 9.15 Å². The Morgan fingerprint density at radius 1 is 1.04 bits per heavy atom. The molecule has 0 bridgehead atoms. The summed E-state index contributed by atoms with van der Waals surface area (Å²) in [5.74, 6) is 0.736. The van der Waals surface area contributed by atoms with Crippen molar-refractivity contribution in [3.63, 3.8) is 0 Å². The maximum Gasteiger partial charge on any atom is 0.291 e. The lowest BCUT2D eigenvalue weighted by Crippen LogP contribution is -2.13. The highest BCUT2D eigenvalue weighted by atomic mass is 16.5. The maximum absolute atomic E-state index is 12.4. The van der Waals surface area contributed by atoms with E-state index >= 15 is 0 Å². The molecule has 2 aromatic carbocycles. The van der Waals surface area contributed by atoms with Crippen molar-refractivity contribution in [1.82, 2.24) is 0 Å². The molecule has 0 saturated carbocycles. The van der Waals surface area contributed by atoms with E-state index in [9.17, 15) is 4.79 Å². The van der Waals surface area contributed by atoms with E-state index in [0.717, 1.165) is 16.8 Å². The fraction of sp³-hybridized carbons (Fsp3) is 0.250. The van der Waals surface area contributed by atoms with Gasteiger partial charge in [-0.15, -0.1) is 0 Å². The summed E-state index contributed by atoms with van der Waals surface area (Å²) >= 11 is 0. The van der Waals surface area contributed by atoms with E-state index in [2.05, 4.69) is 26.1 Å². The second-order valence-corrected chi connectivity index (χ2v) is 6.80. The smallest absolute Gasteiger partial charge is 0.291 e. The van der Waals surface area contributed by atoms with Gasteiger partial charge in [0, 0.05) is 11.1 Å². The molecule has 4 nitrogen and oxygen atoms in total. The van der Waals surface area contributed by atoms with E-state index < -0.39 is 0 Å². The Morgan fingerprint density at radius 2 is 1.75 bits per heavy atom. The molecule has 124 valence electrons. The highest BCUT2D eigenvalue weighted by Gasteiger charge is 2.15. The number of fused-ring (bicyclic) bond motifs is 1. The van der Waals surface area contributed by atoms with Crippen LogP contribution in [-0.4, -0.2) is 13.0 Å². The number of methoxy groups -OCH3 is 1. The van der Waals surface area contributed by atoms with Crippen LogP contribution in [0.4, 0.5) is 5.69 Å². The first-order chi connectivity index (χ1) is 11.4. The van der Waals surface area contributed by atoms with Crippen molar-refractivity contribution in [2.75, 3.05) is 12.4 Å². The monoisotopic (exact) mass is 323 g/mol. The molecule has 0 saturated heterocycles. The number of hydrogen-bond acceptors (Lipinski definition) is 3. The zero-order chi connectivity index (χ0) is 17.3. The van der Waals surface area contributed by atoms with Crippen LogP contribution in [0.5, 0.6) is 5.75 Å². The fourth-order valence-electron chi connectivity index (χ4n) is 2.51. The lowest BCUT2D eigenvalue weighted by molar-refractivity contribution is 0.0998. The van der Waals surface area contributed by atoms with Crippen molar-refractivity contribution in [3.8, 4) is 5.75 Å².